The van der Waals surface area contributed by atoms with Crippen molar-refractivity contribution >= 4 is 0 Å². The van der Waals surface area contributed by atoms with Crippen LogP contribution in [0.15, 0.2) is 0 Å². The number of nitrogens with zero attached hydrogens (tertiary/aromatic N) is 1. The average molecular weight is 129 g/mol. The van der Waals surface area contributed by atoms with E-state index in [4.69, 9.17) is 6.42 Å². The number of nitro groups is 1. The van der Waals surface area contributed by atoms with Crippen LogP contribution in [0.5, 0.6) is 0 Å². The minimum absolute atomic E-state index is 0.660. The zero-order valence-corrected chi connectivity index (χ0v) is 5.25. The van der Waals surface area contributed by atoms with Crippen molar-refractivity contribution in [3.63, 3.8) is 0 Å². The Labute approximate surface area is 53.0 Å². The molecular weight excluding hydrogens is 122 g/mol. The van der Waals surface area contributed by atoms with Crippen molar-refractivity contribution in [2.24, 2.45) is 0 Å². The molecule has 0 aromatic rings. The van der Waals surface area contributed by atoms with Crippen LogP contribution in [0, 0.1) is 22.5 Å². The zero-order valence-electron chi connectivity index (χ0n) is 5.25. The molecule has 0 N–H and O–H groups in total. The van der Waals surface area contributed by atoms with Gasteiger partial charge in [-0.15, -0.1) is 6.42 Å². The van der Waals surface area contributed by atoms with Crippen LogP contribution < -0.4 is 0 Å². The maximum Gasteiger partial charge on any atom is 0.385 e. The summed E-state index contributed by atoms with van der Waals surface area (Å²) in [4.78, 5) is 9.36. The Morgan fingerprint density at radius 2 is 2.33 bits per heavy atom. The van der Waals surface area contributed by atoms with Crippen molar-refractivity contribution in [2.75, 3.05) is 7.11 Å². The van der Waals surface area contributed by atoms with Crippen LogP contribution in [0.1, 0.15) is 6.92 Å². The maximum atomic E-state index is 10.0. The predicted octanol–water partition coefficient (Wildman–Crippen LogP) is 0.259. The highest BCUT2D eigenvalue weighted by molar-refractivity contribution is 4.98. The third-order valence-corrected chi connectivity index (χ3v) is 1.01. The van der Waals surface area contributed by atoms with Gasteiger partial charge in [-0.25, -0.2) is 0 Å². The van der Waals surface area contributed by atoms with Crippen LogP contribution in [-0.2, 0) is 4.74 Å². The molecule has 0 aromatic carbocycles. The van der Waals surface area contributed by atoms with Crippen molar-refractivity contribution in [2.45, 2.75) is 12.6 Å². The topological polar surface area (TPSA) is 52.4 Å². The van der Waals surface area contributed by atoms with Gasteiger partial charge in [-0.1, -0.05) is 0 Å². The molecule has 0 aromatic heterocycles. The molecule has 0 bridgehead atoms. The van der Waals surface area contributed by atoms with Gasteiger partial charge in [0.15, 0.2) is 0 Å². The minimum atomic E-state index is -1.67. The lowest BCUT2D eigenvalue weighted by atomic mass is 10.3. The van der Waals surface area contributed by atoms with Crippen LogP contribution in [0.25, 0.3) is 0 Å². The van der Waals surface area contributed by atoms with E-state index in [-0.39, 0.29) is 0 Å². The zero-order chi connectivity index (χ0) is 7.49. The third kappa shape index (κ3) is 1.40. The molecule has 0 rings (SSSR count). The molecule has 0 amide bonds. The number of hydrogen-bond acceptors (Lipinski definition) is 3. The average Bonchev–Trinajstić information content (AvgIpc) is 1.86. The lowest BCUT2D eigenvalue weighted by Crippen LogP contribution is -2.34. The normalized spacial score (nSPS) is 15.7. The van der Waals surface area contributed by atoms with Crippen molar-refractivity contribution in [3.05, 3.63) is 10.1 Å². The molecule has 4 nitrogen and oxygen atoms in total. The molecule has 1 unspecified atom stereocenters. The molecule has 0 radical (unpaired) electrons. The monoisotopic (exact) mass is 129 g/mol. The smallest absolute Gasteiger partial charge is 0.308 e. The predicted molar refractivity (Wildman–Crippen MR) is 31.2 cm³/mol. The van der Waals surface area contributed by atoms with Crippen LogP contribution in [-0.4, -0.2) is 17.8 Å². The Morgan fingerprint density at radius 3 is 2.33 bits per heavy atom. The first-order valence-electron chi connectivity index (χ1n) is 2.24. The van der Waals surface area contributed by atoms with E-state index < -0.39 is 10.6 Å². The largest absolute Gasteiger partial charge is 0.385 e. The summed E-state index contributed by atoms with van der Waals surface area (Å²) in [6, 6.07) is 0. The number of terminal acetylenes is 1. The Balaban J connectivity index is 4.33. The van der Waals surface area contributed by atoms with Gasteiger partial charge in [0.1, 0.15) is 0 Å². The van der Waals surface area contributed by atoms with Crippen molar-refractivity contribution < 1.29 is 9.66 Å². The van der Waals surface area contributed by atoms with Gasteiger partial charge in [-0.05, 0) is 0 Å². The van der Waals surface area contributed by atoms with Gasteiger partial charge in [0.05, 0.1) is 4.92 Å². The van der Waals surface area contributed by atoms with E-state index in [1.165, 1.54) is 14.0 Å². The molecule has 0 heterocycles. The van der Waals surface area contributed by atoms with Crippen molar-refractivity contribution in [1.82, 2.24) is 0 Å². The molecular formula is C5H7NO3. The Hall–Kier alpha value is -1.08. The molecule has 0 saturated heterocycles. The van der Waals surface area contributed by atoms with E-state index in [2.05, 4.69) is 4.74 Å². The summed E-state index contributed by atoms with van der Waals surface area (Å²) in [5.41, 5.74) is -1.67. The first-order chi connectivity index (χ1) is 4.06. The molecule has 9 heavy (non-hydrogen) atoms. The van der Waals surface area contributed by atoms with Crippen molar-refractivity contribution in [1.29, 1.82) is 0 Å². The quantitative estimate of drug-likeness (QED) is 0.232. The number of ether oxygens (including phenoxy) is 1. The summed E-state index contributed by atoms with van der Waals surface area (Å²) < 4.78 is 4.41. The van der Waals surface area contributed by atoms with Gasteiger partial charge >= 0.3 is 5.72 Å². The second-order valence-electron chi connectivity index (χ2n) is 1.59. The summed E-state index contributed by atoms with van der Waals surface area (Å²) in [6.45, 7) is 1.22. The second-order valence-corrected chi connectivity index (χ2v) is 1.59. The van der Waals surface area contributed by atoms with Crippen LogP contribution in [0.3, 0.4) is 0 Å². The van der Waals surface area contributed by atoms with Crippen LogP contribution in [0.2, 0.25) is 0 Å². The Bertz CT molecular complexity index is 160. The fourth-order valence-electron chi connectivity index (χ4n) is 0.186. The number of hydrogen-bond donors (Lipinski definition) is 0. The second kappa shape index (κ2) is 2.46. The summed E-state index contributed by atoms with van der Waals surface area (Å²) >= 11 is 0. The molecule has 50 valence electrons. The molecule has 0 fully saturated rings. The summed E-state index contributed by atoms with van der Waals surface area (Å²) in [5.74, 6) is 1.91. The lowest BCUT2D eigenvalue weighted by Gasteiger charge is -2.10. The fourth-order valence-corrected chi connectivity index (χ4v) is 0.186. The molecule has 1 atom stereocenters. The summed E-state index contributed by atoms with van der Waals surface area (Å²) in [6.07, 6.45) is 4.80. The first-order valence-corrected chi connectivity index (χ1v) is 2.24. The van der Waals surface area contributed by atoms with E-state index >= 15 is 0 Å². The highest BCUT2D eigenvalue weighted by atomic mass is 16.7. The van der Waals surface area contributed by atoms with Crippen molar-refractivity contribution in [3.8, 4) is 12.3 Å². The minimum Gasteiger partial charge on any atom is -0.308 e. The first kappa shape index (κ1) is 7.92. The van der Waals surface area contributed by atoms with Gasteiger partial charge in [-0.3, -0.25) is 10.1 Å². The fraction of sp³-hybridized carbons (Fsp3) is 0.600. The Morgan fingerprint density at radius 1 is 1.89 bits per heavy atom. The van der Waals surface area contributed by atoms with E-state index in [0.29, 0.717) is 0 Å². The highest BCUT2D eigenvalue weighted by Crippen LogP contribution is 2.06. The molecule has 0 aliphatic rings. The van der Waals surface area contributed by atoms with Crippen LogP contribution in [0.4, 0.5) is 0 Å². The molecule has 0 saturated carbocycles. The SMILES string of the molecule is C#CC(C)(OC)[N+](=O)[O-]. The molecule has 0 spiro atoms. The maximum absolute atomic E-state index is 10.0. The van der Waals surface area contributed by atoms with Gasteiger partial charge in [0.2, 0.25) is 0 Å². The molecule has 0 aliphatic heterocycles. The highest BCUT2D eigenvalue weighted by Gasteiger charge is 2.33. The van der Waals surface area contributed by atoms with Gasteiger partial charge in [-0.2, -0.15) is 0 Å². The van der Waals surface area contributed by atoms with E-state index in [1.54, 1.807) is 0 Å². The lowest BCUT2D eigenvalue weighted by molar-refractivity contribution is -0.601. The van der Waals surface area contributed by atoms with E-state index in [1.807, 2.05) is 5.92 Å². The van der Waals surface area contributed by atoms with E-state index in [0.717, 1.165) is 0 Å². The third-order valence-electron chi connectivity index (χ3n) is 1.01. The molecule has 0 aliphatic carbocycles. The summed E-state index contributed by atoms with van der Waals surface area (Å²) in [5, 5.41) is 10.0. The standard InChI is InChI=1S/C5H7NO3/c1-4-5(2,9-3)6(7)8/h1H,2-3H3. The molecule has 4 heteroatoms. The van der Waals surface area contributed by atoms with E-state index in [9.17, 15) is 10.1 Å². The summed E-state index contributed by atoms with van der Waals surface area (Å²) in [7, 11) is 1.20. The Kier molecular flexibility index (Phi) is 2.17. The van der Waals surface area contributed by atoms with Crippen LogP contribution >= 0.6 is 0 Å². The van der Waals surface area contributed by atoms with Gasteiger partial charge < -0.3 is 4.74 Å². The number of rotatable bonds is 2. The number of methoxy groups -OCH3 is 1. The van der Waals surface area contributed by atoms with Gasteiger partial charge in [0, 0.05) is 20.0 Å². The van der Waals surface area contributed by atoms with Gasteiger partial charge in [0.25, 0.3) is 0 Å².